The zero-order chi connectivity index (χ0) is 6.57. The lowest BCUT2D eigenvalue weighted by Crippen LogP contribution is -2.25. The SMILES string of the molecule is CC[C@@H](C)[C@H](N)C#N. The lowest BCUT2D eigenvalue weighted by Gasteiger charge is -2.08. The molecule has 8 heavy (non-hydrogen) atoms. The number of nitrogens with two attached hydrogens (primary N) is 1. The fraction of sp³-hybridized carbons (Fsp3) is 0.833. The summed E-state index contributed by atoms with van der Waals surface area (Å²) in [6, 6.07) is 1.72. The van der Waals surface area contributed by atoms with Gasteiger partial charge >= 0.3 is 0 Å². The molecule has 0 aromatic rings. The number of rotatable bonds is 2. The Morgan fingerprint density at radius 2 is 2.25 bits per heavy atom. The molecule has 2 atom stereocenters. The van der Waals surface area contributed by atoms with Gasteiger partial charge in [0.2, 0.25) is 0 Å². The van der Waals surface area contributed by atoms with Crippen LogP contribution in [0, 0.1) is 17.2 Å². The third-order valence-corrected chi connectivity index (χ3v) is 1.41. The number of hydrogen-bond acceptors (Lipinski definition) is 2. The van der Waals surface area contributed by atoms with Gasteiger partial charge in [-0.2, -0.15) is 5.26 Å². The summed E-state index contributed by atoms with van der Waals surface area (Å²) < 4.78 is 0. The fourth-order valence-corrected chi connectivity index (χ4v) is 0.381. The highest BCUT2D eigenvalue weighted by Crippen LogP contribution is 2.02. The van der Waals surface area contributed by atoms with Gasteiger partial charge in [0.05, 0.1) is 12.1 Å². The van der Waals surface area contributed by atoms with E-state index in [4.69, 9.17) is 11.0 Å². The summed E-state index contributed by atoms with van der Waals surface area (Å²) in [6.45, 7) is 4.01. The smallest absolute Gasteiger partial charge is 0.0953 e. The van der Waals surface area contributed by atoms with Crippen LogP contribution >= 0.6 is 0 Å². The molecule has 0 fully saturated rings. The largest absolute Gasteiger partial charge is 0.316 e. The summed E-state index contributed by atoms with van der Waals surface area (Å²) in [5.74, 6) is 0.333. The predicted octanol–water partition coefficient (Wildman–Crippen LogP) is 0.883. The van der Waals surface area contributed by atoms with Crippen LogP contribution in [0.2, 0.25) is 0 Å². The van der Waals surface area contributed by atoms with E-state index in [1.165, 1.54) is 0 Å². The summed E-state index contributed by atoms with van der Waals surface area (Å²) in [7, 11) is 0. The molecule has 2 nitrogen and oxygen atoms in total. The Bertz CT molecular complexity index is 93.2. The van der Waals surface area contributed by atoms with E-state index in [9.17, 15) is 0 Å². The monoisotopic (exact) mass is 112 g/mol. The van der Waals surface area contributed by atoms with Crippen LogP contribution in [0.4, 0.5) is 0 Å². The molecular formula is C6H12N2. The summed E-state index contributed by atoms with van der Waals surface area (Å²) in [5.41, 5.74) is 5.37. The second-order valence-corrected chi connectivity index (χ2v) is 2.04. The standard InChI is InChI=1S/C6H12N2/c1-3-5(2)6(8)4-7/h5-6H,3,8H2,1-2H3/t5-,6-/m1/s1. The maximum absolute atomic E-state index is 8.26. The van der Waals surface area contributed by atoms with Crippen molar-refractivity contribution in [2.75, 3.05) is 0 Å². The third kappa shape index (κ3) is 1.94. The fourth-order valence-electron chi connectivity index (χ4n) is 0.381. The molecule has 0 heterocycles. The van der Waals surface area contributed by atoms with Gasteiger partial charge in [0, 0.05) is 0 Å². The van der Waals surface area contributed by atoms with Gasteiger partial charge < -0.3 is 5.73 Å². The quantitative estimate of drug-likeness (QED) is 0.576. The Morgan fingerprint density at radius 1 is 1.75 bits per heavy atom. The first-order valence-corrected chi connectivity index (χ1v) is 2.87. The van der Waals surface area contributed by atoms with Crippen molar-refractivity contribution in [2.24, 2.45) is 11.7 Å². The maximum Gasteiger partial charge on any atom is 0.0953 e. The Labute approximate surface area is 50.3 Å². The minimum atomic E-state index is -0.278. The highest BCUT2D eigenvalue weighted by atomic mass is 14.6. The highest BCUT2D eigenvalue weighted by Gasteiger charge is 2.07. The van der Waals surface area contributed by atoms with Crippen LogP contribution in [-0.4, -0.2) is 6.04 Å². The minimum Gasteiger partial charge on any atom is -0.316 e. The molecule has 0 unspecified atom stereocenters. The van der Waals surface area contributed by atoms with E-state index in [-0.39, 0.29) is 6.04 Å². The molecule has 0 aliphatic rings. The Kier molecular flexibility index (Phi) is 3.21. The molecule has 0 radical (unpaired) electrons. The van der Waals surface area contributed by atoms with Crippen LogP contribution in [-0.2, 0) is 0 Å². The van der Waals surface area contributed by atoms with Crippen LogP contribution in [0.3, 0.4) is 0 Å². The topological polar surface area (TPSA) is 49.8 Å². The molecule has 0 bridgehead atoms. The van der Waals surface area contributed by atoms with E-state index < -0.39 is 0 Å². The average molecular weight is 112 g/mol. The number of nitriles is 1. The minimum absolute atomic E-state index is 0.278. The molecule has 2 N–H and O–H groups in total. The highest BCUT2D eigenvalue weighted by molar-refractivity contribution is 4.89. The first-order chi connectivity index (χ1) is 3.72. The van der Waals surface area contributed by atoms with Gasteiger partial charge in [-0.1, -0.05) is 20.3 Å². The van der Waals surface area contributed by atoms with E-state index in [2.05, 4.69) is 0 Å². The van der Waals surface area contributed by atoms with Gasteiger partial charge in [0.25, 0.3) is 0 Å². The summed E-state index contributed by atoms with van der Waals surface area (Å²) in [4.78, 5) is 0. The van der Waals surface area contributed by atoms with Crippen molar-refractivity contribution < 1.29 is 0 Å². The van der Waals surface area contributed by atoms with E-state index >= 15 is 0 Å². The molecule has 0 amide bonds. The van der Waals surface area contributed by atoms with E-state index in [0.29, 0.717) is 5.92 Å². The molecule has 0 saturated heterocycles. The molecule has 2 heteroatoms. The van der Waals surface area contributed by atoms with Crippen molar-refractivity contribution in [1.82, 2.24) is 0 Å². The Balaban J connectivity index is 3.49. The van der Waals surface area contributed by atoms with Gasteiger partial charge in [0.1, 0.15) is 0 Å². The van der Waals surface area contributed by atoms with Crippen molar-refractivity contribution in [3.8, 4) is 6.07 Å². The molecule has 0 saturated carbocycles. The lowest BCUT2D eigenvalue weighted by atomic mass is 10.0. The molecule has 0 aromatic carbocycles. The molecule has 0 spiro atoms. The van der Waals surface area contributed by atoms with Crippen molar-refractivity contribution in [1.29, 1.82) is 5.26 Å². The summed E-state index contributed by atoms with van der Waals surface area (Å²) in [5, 5.41) is 8.26. The molecule has 0 aromatic heterocycles. The maximum atomic E-state index is 8.26. The second-order valence-electron chi connectivity index (χ2n) is 2.04. The predicted molar refractivity (Wildman–Crippen MR) is 33.0 cm³/mol. The van der Waals surface area contributed by atoms with Crippen molar-refractivity contribution in [2.45, 2.75) is 26.3 Å². The van der Waals surface area contributed by atoms with E-state index in [0.717, 1.165) is 6.42 Å². The Morgan fingerprint density at radius 3 is 2.38 bits per heavy atom. The first-order valence-electron chi connectivity index (χ1n) is 2.87. The zero-order valence-electron chi connectivity index (χ0n) is 5.39. The van der Waals surface area contributed by atoms with Crippen molar-refractivity contribution >= 4 is 0 Å². The molecular weight excluding hydrogens is 100 g/mol. The summed E-state index contributed by atoms with van der Waals surface area (Å²) >= 11 is 0. The van der Waals surface area contributed by atoms with Crippen LogP contribution in [0.5, 0.6) is 0 Å². The average Bonchev–Trinajstić information content (AvgIpc) is 1.84. The molecule has 0 aliphatic carbocycles. The Hall–Kier alpha value is -0.550. The lowest BCUT2D eigenvalue weighted by molar-refractivity contribution is 0.510. The van der Waals surface area contributed by atoms with Gasteiger partial charge in [0.15, 0.2) is 0 Å². The van der Waals surface area contributed by atoms with E-state index in [1.54, 1.807) is 0 Å². The molecule has 0 rings (SSSR count). The third-order valence-electron chi connectivity index (χ3n) is 1.41. The van der Waals surface area contributed by atoms with Crippen LogP contribution in [0.15, 0.2) is 0 Å². The first kappa shape index (κ1) is 7.45. The summed E-state index contributed by atoms with van der Waals surface area (Å²) in [6.07, 6.45) is 0.981. The van der Waals surface area contributed by atoms with Gasteiger partial charge in [-0.3, -0.25) is 0 Å². The van der Waals surface area contributed by atoms with Crippen molar-refractivity contribution in [3.05, 3.63) is 0 Å². The van der Waals surface area contributed by atoms with Gasteiger partial charge in [-0.15, -0.1) is 0 Å². The van der Waals surface area contributed by atoms with Crippen LogP contribution < -0.4 is 5.73 Å². The van der Waals surface area contributed by atoms with E-state index in [1.807, 2.05) is 19.9 Å². The number of nitrogens with zero attached hydrogens (tertiary/aromatic N) is 1. The molecule has 0 aliphatic heterocycles. The van der Waals surface area contributed by atoms with Crippen LogP contribution in [0.1, 0.15) is 20.3 Å². The number of hydrogen-bond donors (Lipinski definition) is 1. The molecule has 46 valence electrons. The van der Waals surface area contributed by atoms with Crippen LogP contribution in [0.25, 0.3) is 0 Å². The van der Waals surface area contributed by atoms with Gasteiger partial charge in [-0.05, 0) is 5.92 Å². The zero-order valence-corrected chi connectivity index (χ0v) is 5.39. The van der Waals surface area contributed by atoms with Crippen molar-refractivity contribution in [3.63, 3.8) is 0 Å². The van der Waals surface area contributed by atoms with Gasteiger partial charge in [-0.25, -0.2) is 0 Å². The normalized spacial score (nSPS) is 16.8. The second kappa shape index (κ2) is 3.45.